The predicted octanol–water partition coefficient (Wildman–Crippen LogP) is 2.93. The third-order valence-corrected chi connectivity index (χ3v) is 3.19. The highest BCUT2D eigenvalue weighted by Crippen LogP contribution is 2.15. The maximum Gasteiger partial charge on any atom is 0.251 e. The van der Waals surface area contributed by atoms with Crippen molar-refractivity contribution in [3.63, 3.8) is 0 Å². The molecule has 1 N–H and O–H groups in total. The van der Waals surface area contributed by atoms with Gasteiger partial charge in [0.05, 0.1) is 13.2 Å². The van der Waals surface area contributed by atoms with Crippen LogP contribution in [0, 0.1) is 6.92 Å². The summed E-state index contributed by atoms with van der Waals surface area (Å²) in [6.45, 7) is 4.59. The Bertz CT molecular complexity index is 403. The average Bonchev–Trinajstić information content (AvgIpc) is 2.40. The molecule has 0 saturated carbocycles. The zero-order chi connectivity index (χ0) is 14.8. The molecule has 0 unspecified atom stereocenters. The molecule has 0 aliphatic heterocycles. The Labute approximate surface area is 129 Å². The maximum atomic E-state index is 11.9. The average molecular weight is 344 g/mol. The van der Waals surface area contributed by atoms with Gasteiger partial charge in [0.2, 0.25) is 0 Å². The van der Waals surface area contributed by atoms with Gasteiger partial charge in [-0.15, -0.1) is 0 Å². The van der Waals surface area contributed by atoms with Gasteiger partial charge in [0.15, 0.2) is 0 Å². The third-order valence-electron chi connectivity index (χ3n) is 2.74. The number of benzene rings is 1. The van der Waals surface area contributed by atoms with E-state index in [1.165, 1.54) is 0 Å². The smallest absolute Gasteiger partial charge is 0.251 e. The first-order chi connectivity index (χ1) is 9.63. The molecule has 20 heavy (non-hydrogen) atoms. The summed E-state index contributed by atoms with van der Waals surface area (Å²) in [6, 6.07) is 5.69. The SMILES string of the molecule is COCCOCCCCNC(=O)c1cc(C)cc(Br)c1. The topological polar surface area (TPSA) is 47.6 Å². The highest BCUT2D eigenvalue weighted by molar-refractivity contribution is 9.10. The minimum atomic E-state index is -0.0327. The standard InChI is InChI=1S/C15H22BrNO3/c1-12-9-13(11-14(16)10-12)15(18)17-5-3-4-6-20-8-7-19-2/h9-11H,3-8H2,1-2H3,(H,17,18). The van der Waals surface area contributed by atoms with Crippen molar-refractivity contribution < 1.29 is 14.3 Å². The van der Waals surface area contributed by atoms with E-state index in [1.807, 2.05) is 25.1 Å². The second-order valence-corrected chi connectivity index (χ2v) is 5.50. The number of unbranched alkanes of at least 4 members (excludes halogenated alkanes) is 1. The number of ether oxygens (including phenoxy) is 2. The van der Waals surface area contributed by atoms with Crippen LogP contribution in [0.15, 0.2) is 22.7 Å². The van der Waals surface area contributed by atoms with Crippen molar-refractivity contribution in [1.82, 2.24) is 5.32 Å². The third kappa shape index (κ3) is 7.03. The number of methoxy groups -OCH3 is 1. The fourth-order valence-electron chi connectivity index (χ4n) is 1.74. The first kappa shape index (κ1) is 17.1. The summed E-state index contributed by atoms with van der Waals surface area (Å²) in [5.41, 5.74) is 1.75. The van der Waals surface area contributed by atoms with Crippen LogP contribution in [-0.4, -0.2) is 39.4 Å². The molecule has 1 amide bonds. The fraction of sp³-hybridized carbons (Fsp3) is 0.533. The number of carbonyl (C=O) groups is 1. The van der Waals surface area contributed by atoms with Crippen molar-refractivity contribution in [2.75, 3.05) is 33.5 Å². The van der Waals surface area contributed by atoms with Crippen molar-refractivity contribution in [3.05, 3.63) is 33.8 Å². The molecule has 0 aromatic heterocycles. The lowest BCUT2D eigenvalue weighted by Crippen LogP contribution is -2.24. The highest BCUT2D eigenvalue weighted by atomic mass is 79.9. The summed E-state index contributed by atoms with van der Waals surface area (Å²) >= 11 is 3.40. The van der Waals surface area contributed by atoms with Crippen LogP contribution < -0.4 is 5.32 Å². The maximum absolute atomic E-state index is 11.9. The van der Waals surface area contributed by atoms with E-state index in [0.29, 0.717) is 31.9 Å². The minimum Gasteiger partial charge on any atom is -0.382 e. The Balaban J connectivity index is 2.17. The lowest BCUT2D eigenvalue weighted by molar-refractivity contribution is 0.0686. The lowest BCUT2D eigenvalue weighted by Gasteiger charge is -2.07. The second kappa shape index (κ2) is 9.91. The molecule has 0 radical (unpaired) electrons. The summed E-state index contributed by atoms with van der Waals surface area (Å²) < 4.78 is 11.2. The van der Waals surface area contributed by atoms with Gasteiger partial charge < -0.3 is 14.8 Å². The van der Waals surface area contributed by atoms with E-state index in [2.05, 4.69) is 21.2 Å². The molecule has 1 rings (SSSR count). The highest BCUT2D eigenvalue weighted by Gasteiger charge is 2.06. The summed E-state index contributed by atoms with van der Waals surface area (Å²) in [6.07, 6.45) is 1.84. The summed E-state index contributed by atoms with van der Waals surface area (Å²) in [5.74, 6) is -0.0327. The lowest BCUT2D eigenvalue weighted by atomic mass is 10.1. The van der Waals surface area contributed by atoms with E-state index in [4.69, 9.17) is 9.47 Å². The van der Waals surface area contributed by atoms with Crippen LogP contribution in [0.3, 0.4) is 0 Å². The molecular weight excluding hydrogens is 322 g/mol. The number of aryl methyl sites for hydroxylation is 1. The fourth-order valence-corrected chi connectivity index (χ4v) is 2.35. The Morgan fingerprint density at radius 1 is 1.20 bits per heavy atom. The number of amides is 1. The molecule has 5 heteroatoms. The number of halogens is 1. The number of carbonyl (C=O) groups excluding carboxylic acids is 1. The molecule has 0 heterocycles. The Hall–Kier alpha value is -0.910. The number of hydrogen-bond acceptors (Lipinski definition) is 3. The minimum absolute atomic E-state index is 0.0327. The number of hydrogen-bond donors (Lipinski definition) is 1. The van der Waals surface area contributed by atoms with Crippen molar-refractivity contribution >= 4 is 21.8 Å². The molecule has 112 valence electrons. The van der Waals surface area contributed by atoms with Gasteiger partial charge in [0.1, 0.15) is 0 Å². The van der Waals surface area contributed by atoms with Gasteiger partial charge in [-0.3, -0.25) is 4.79 Å². The number of nitrogens with one attached hydrogen (secondary N) is 1. The van der Waals surface area contributed by atoms with Gasteiger partial charge in [-0.05, 0) is 43.5 Å². The van der Waals surface area contributed by atoms with Gasteiger partial charge in [0.25, 0.3) is 5.91 Å². The van der Waals surface area contributed by atoms with Crippen LogP contribution >= 0.6 is 15.9 Å². The quantitative estimate of drug-likeness (QED) is 0.701. The van der Waals surface area contributed by atoms with E-state index in [9.17, 15) is 4.79 Å². The second-order valence-electron chi connectivity index (χ2n) is 4.59. The van der Waals surface area contributed by atoms with Crippen LogP contribution in [0.4, 0.5) is 0 Å². The molecular formula is C15H22BrNO3. The summed E-state index contributed by atoms with van der Waals surface area (Å²) in [5, 5.41) is 2.92. The van der Waals surface area contributed by atoms with Crippen LogP contribution in [0.1, 0.15) is 28.8 Å². The van der Waals surface area contributed by atoms with Crippen LogP contribution in [-0.2, 0) is 9.47 Å². The number of rotatable bonds is 9. The Morgan fingerprint density at radius 2 is 2.00 bits per heavy atom. The first-order valence-electron chi connectivity index (χ1n) is 6.75. The molecule has 0 aliphatic carbocycles. The Morgan fingerprint density at radius 3 is 2.70 bits per heavy atom. The van der Waals surface area contributed by atoms with Crippen molar-refractivity contribution in [2.24, 2.45) is 0 Å². The summed E-state index contributed by atoms with van der Waals surface area (Å²) in [4.78, 5) is 11.9. The normalized spacial score (nSPS) is 10.6. The summed E-state index contributed by atoms with van der Waals surface area (Å²) in [7, 11) is 1.66. The van der Waals surface area contributed by atoms with Crippen molar-refractivity contribution in [1.29, 1.82) is 0 Å². The molecule has 4 nitrogen and oxygen atoms in total. The first-order valence-corrected chi connectivity index (χ1v) is 7.55. The molecule has 0 spiro atoms. The molecule has 1 aromatic rings. The van der Waals surface area contributed by atoms with Gasteiger partial charge in [0, 0.05) is 30.3 Å². The van der Waals surface area contributed by atoms with Gasteiger partial charge in [-0.1, -0.05) is 15.9 Å². The van der Waals surface area contributed by atoms with Crippen molar-refractivity contribution in [2.45, 2.75) is 19.8 Å². The zero-order valence-electron chi connectivity index (χ0n) is 12.1. The molecule has 1 aromatic carbocycles. The Kier molecular flexibility index (Phi) is 8.49. The molecule has 0 aliphatic rings. The molecule has 0 saturated heterocycles. The van der Waals surface area contributed by atoms with E-state index >= 15 is 0 Å². The molecule has 0 atom stereocenters. The monoisotopic (exact) mass is 343 g/mol. The van der Waals surface area contributed by atoms with Gasteiger partial charge in [-0.2, -0.15) is 0 Å². The predicted molar refractivity (Wildman–Crippen MR) is 83.1 cm³/mol. The zero-order valence-corrected chi connectivity index (χ0v) is 13.7. The van der Waals surface area contributed by atoms with Crippen LogP contribution in [0.25, 0.3) is 0 Å². The van der Waals surface area contributed by atoms with E-state index in [-0.39, 0.29) is 5.91 Å². The van der Waals surface area contributed by atoms with Gasteiger partial charge >= 0.3 is 0 Å². The van der Waals surface area contributed by atoms with E-state index in [0.717, 1.165) is 22.9 Å². The van der Waals surface area contributed by atoms with Crippen LogP contribution in [0.2, 0.25) is 0 Å². The van der Waals surface area contributed by atoms with Gasteiger partial charge in [-0.25, -0.2) is 0 Å². The largest absolute Gasteiger partial charge is 0.382 e. The van der Waals surface area contributed by atoms with E-state index in [1.54, 1.807) is 7.11 Å². The van der Waals surface area contributed by atoms with Crippen LogP contribution in [0.5, 0.6) is 0 Å². The molecule has 0 bridgehead atoms. The van der Waals surface area contributed by atoms with E-state index < -0.39 is 0 Å². The van der Waals surface area contributed by atoms with Crippen molar-refractivity contribution in [3.8, 4) is 0 Å². The molecule has 0 fully saturated rings.